The smallest absolute Gasteiger partial charge is 0.110 e. The third kappa shape index (κ3) is 3.84. The normalized spacial score (nSPS) is 16.0. The fraction of sp³-hybridized carbons (Fsp3) is 0.333. The Morgan fingerprint density at radius 1 is 0.846 bits per heavy atom. The van der Waals surface area contributed by atoms with E-state index in [1.165, 1.54) is 16.9 Å². The van der Waals surface area contributed by atoms with E-state index in [1.807, 2.05) is 24.7 Å². The third-order valence-electron chi connectivity index (χ3n) is 5.01. The predicted molar refractivity (Wildman–Crippen MR) is 103 cm³/mol. The zero-order chi connectivity index (χ0) is 17.8. The van der Waals surface area contributed by atoms with Crippen molar-refractivity contribution in [1.82, 2.24) is 24.3 Å². The third-order valence-corrected chi connectivity index (χ3v) is 5.01. The van der Waals surface area contributed by atoms with Crippen LogP contribution in [-0.2, 0) is 13.1 Å². The SMILES string of the molecule is Cc1ncc(CN2CCN(Cc3cccnc3)CC2)n1-c1ccccc1. The van der Waals surface area contributed by atoms with Crippen molar-refractivity contribution in [3.05, 3.63) is 78.1 Å². The quantitative estimate of drug-likeness (QED) is 0.711. The van der Waals surface area contributed by atoms with Gasteiger partial charge in [-0.15, -0.1) is 0 Å². The summed E-state index contributed by atoms with van der Waals surface area (Å²) in [6.45, 7) is 8.35. The molecule has 5 heteroatoms. The highest BCUT2D eigenvalue weighted by molar-refractivity contribution is 5.35. The van der Waals surface area contributed by atoms with Gasteiger partial charge in [0, 0.05) is 57.3 Å². The molecule has 1 aromatic carbocycles. The van der Waals surface area contributed by atoms with Crippen LogP contribution in [0, 0.1) is 6.92 Å². The fourth-order valence-electron chi connectivity index (χ4n) is 3.62. The fourth-order valence-corrected chi connectivity index (χ4v) is 3.62. The lowest BCUT2D eigenvalue weighted by Crippen LogP contribution is -2.45. The zero-order valence-corrected chi connectivity index (χ0v) is 15.3. The number of hydrogen-bond acceptors (Lipinski definition) is 4. The minimum Gasteiger partial charge on any atom is -0.300 e. The summed E-state index contributed by atoms with van der Waals surface area (Å²) >= 11 is 0. The molecule has 5 nitrogen and oxygen atoms in total. The first-order valence-corrected chi connectivity index (χ1v) is 9.22. The molecule has 0 bridgehead atoms. The number of para-hydroxylation sites is 1. The van der Waals surface area contributed by atoms with Crippen LogP contribution in [0.1, 0.15) is 17.1 Å². The molecule has 0 saturated carbocycles. The zero-order valence-electron chi connectivity index (χ0n) is 15.3. The summed E-state index contributed by atoms with van der Waals surface area (Å²) in [6, 6.07) is 14.7. The molecule has 1 aliphatic heterocycles. The van der Waals surface area contributed by atoms with E-state index in [1.54, 1.807) is 0 Å². The van der Waals surface area contributed by atoms with Crippen LogP contribution < -0.4 is 0 Å². The molecule has 4 rings (SSSR count). The van der Waals surface area contributed by atoms with Crippen molar-refractivity contribution in [2.45, 2.75) is 20.0 Å². The van der Waals surface area contributed by atoms with E-state index in [0.717, 1.165) is 45.1 Å². The summed E-state index contributed by atoms with van der Waals surface area (Å²) in [5, 5.41) is 0. The van der Waals surface area contributed by atoms with Crippen molar-refractivity contribution in [3.63, 3.8) is 0 Å². The molecule has 0 amide bonds. The van der Waals surface area contributed by atoms with Crippen LogP contribution in [0.4, 0.5) is 0 Å². The van der Waals surface area contributed by atoms with Gasteiger partial charge < -0.3 is 0 Å². The van der Waals surface area contributed by atoms with E-state index in [9.17, 15) is 0 Å². The van der Waals surface area contributed by atoms with Crippen LogP contribution in [0.15, 0.2) is 61.1 Å². The Hall–Kier alpha value is -2.50. The molecule has 3 heterocycles. The maximum atomic E-state index is 4.55. The van der Waals surface area contributed by atoms with Gasteiger partial charge in [-0.05, 0) is 30.7 Å². The molecule has 0 radical (unpaired) electrons. The standard InChI is InChI=1S/C21H25N5/c1-18-23-15-21(26(18)20-7-3-2-4-8-20)17-25-12-10-24(11-13-25)16-19-6-5-9-22-14-19/h2-9,14-15H,10-13,16-17H2,1H3. The van der Waals surface area contributed by atoms with Crippen LogP contribution in [0.3, 0.4) is 0 Å². The molecule has 2 aromatic heterocycles. The van der Waals surface area contributed by atoms with E-state index < -0.39 is 0 Å². The second kappa shape index (κ2) is 7.81. The van der Waals surface area contributed by atoms with Crippen molar-refractivity contribution in [2.75, 3.05) is 26.2 Å². The predicted octanol–water partition coefficient (Wildman–Crippen LogP) is 2.89. The van der Waals surface area contributed by atoms with Crippen LogP contribution in [-0.4, -0.2) is 50.5 Å². The van der Waals surface area contributed by atoms with E-state index in [-0.39, 0.29) is 0 Å². The molecule has 26 heavy (non-hydrogen) atoms. The van der Waals surface area contributed by atoms with Gasteiger partial charge in [-0.1, -0.05) is 24.3 Å². The highest BCUT2D eigenvalue weighted by atomic mass is 15.3. The average Bonchev–Trinajstić information content (AvgIpc) is 3.05. The number of pyridine rings is 1. The number of hydrogen-bond donors (Lipinski definition) is 0. The van der Waals surface area contributed by atoms with Gasteiger partial charge in [-0.25, -0.2) is 4.98 Å². The average molecular weight is 347 g/mol. The highest BCUT2D eigenvalue weighted by Crippen LogP contribution is 2.17. The Bertz CT molecular complexity index is 820. The van der Waals surface area contributed by atoms with Crippen LogP contribution in [0.5, 0.6) is 0 Å². The second-order valence-electron chi connectivity index (χ2n) is 6.88. The topological polar surface area (TPSA) is 37.2 Å². The summed E-state index contributed by atoms with van der Waals surface area (Å²) in [5.41, 5.74) is 3.74. The minimum atomic E-state index is 0.941. The number of imidazole rings is 1. The lowest BCUT2D eigenvalue weighted by molar-refractivity contribution is 0.120. The van der Waals surface area contributed by atoms with Gasteiger partial charge in [0.15, 0.2) is 0 Å². The second-order valence-corrected chi connectivity index (χ2v) is 6.88. The summed E-state index contributed by atoms with van der Waals surface area (Å²) in [5.74, 6) is 1.04. The molecule has 0 spiro atoms. The number of aromatic nitrogens is 3. The van der Waals surface area contributed by atoms with Crippen molar-refractivity contribution < 1.29 is 0 Å². The molecular formula is C21H25N5. The molecule has 0 atom stereocenters. The van der Waals surface area contributed by atoms with E-state index in [2.05, 4.69) is 67.7 Å². The maximum Gasteiger partial charge on any atom is 0.110 e. The van der Waals surface area contributed by atoms with Crippen LogP contribution >= 0.6 is 0 Å². The minimum absolute atomic E-state index is 0.941. The van der Waals surface area contributed by atoms with Gasteiger partial charge in [0.1, 0.15) is 5.82 Å². The summed E-state index contributed by atoms with van der Waals surface area (Å²) < 4.78 is 2.27. The number of piperazine rings is 1. The molecule has 1 aliphatic rings. The molecule has 1 saturated heterocycles. The van der Waals surface area contributed by atoms with Gasteiger partial charge in [0.25, 0.3) is 0 Å². The Morgan fingerprint density at radius 3 is 2.27 bits per heavy atom. The molecule has 0 unspecified atom stereocenters. The maximum absolute atomic E-state index is 4.55. The molecule has 0 aliphatic carbocycles. The molecule has 1 fully saturated rings. The van der Waals surface area contributed by atoms with Crippen LogP contribution in [0.2, 0.25) is 0 Å². The number of aryl methyl sites for hydroxylation is 1. The van der Waals surface area contributed by atoms with Crippen molar-refractivity contribution in [2.24, 2.45) is 0 Å². The Morgan fingerprint density at radius 2 is 1.58 bits per heavy atom. The monoisotopic (exact) mass is 347 g/mol. The highest BCUT2D eigenvalue weighted by Gasteiger charge is 2.19. The molecule has 3 aromatic rings. The van der Waals surface area contributed by atoms with Gasteiger partial charge in [0.2, 0.25) is 0 Å². The number of benzene rings is 1. The molecule has 134 valence electrons. The van der Waals surface area contributed by atoms with Crippen LogP contribution in [0.25, 0.3) is 5.69 Å². The first kappa shape index (κ1) is 16.9. The van der Waals surface area contributed by atoms with Gasteiger partial charge in [-0.3, -0.25) is 19.4 Å². The van der Waals surface area contributed by atoms with E-state index >= 15 is 0 Å². The van der Waals surface area contributed by atoms with E-state index in [0.29, 0.717) is 0 Å². The van der Waals surface area contributed by atoms with Gasteiger partial charge in [0.05, 0.1) is 11.9 Å². The number of rotatable bonds is 5. The lowest BCUT2D eigenvalue weighted by Gasteiger charge is -2.34. The van der Waals surface area contributed by atoms with Crippen molar-refractivity contribution in [1.29, 1.82) is 0 Å². The first-order valence-electron chi connectivity index (χ1n) is 9.22. The summed E-state index contributed by atoms with van der Waals surface area (Å²) in [6.07, 6.45) is 5.82. The lowest BCUT2D eigenvalue weighted by atomic mass is 10.2. The van der Waals surface area contributed by atoms with Gasteiger partial charge >= 0.3 is 0 Å². The van der Waals surface area contributed by atoms with E-state index in [4.69, 9.17) is 0 Å². The molecular weight excluding hydrogens is 322 g/mol. The first-order chi connectivity index (χ1) is 12.8. The Labute approximate surface area is 154 Å². The Kier molecular flexibility index (Phi) is 5.09. The number of nitrogens with zero attached hydrogens (tertiary/aromatic N) is 5. The largest absolute Gasteiger partial charge is 0.300 e. The van der Waals surface area contributed by atoms with Gasteiger partial charge in [-0.2, -0.15) is 0 Å². The summed E-state index contributed by atoms with van der Waals surface area (Å²) in [4.78, 5) is 13.8. The Balaban J connectivity index is 1.38. The van der Waals surface area contributed by atoms with Crippen molar-refractivity contribution >= 4 is 0 Å². The molecule has 0 N–H and O–H groups in total. The van der Waals surface area contributed by atoms with Crippen molar-refractivity contribution in [3.8, 4) is 5.69 Å². The summed E-state index contributed by atoms with van der Waals surface area (Å²) in [7, 11) is 0.